The second-order valence-corrected chi connectivity index (χ2v) is 4.58. The molecule has 2 N–H and O–H groups in total. The molecular weight excluding hydrogens is 242 g/mol. The number of carbonyl (C=O) groups is 1. The maximum Gasteiger partial charge on any atom is 0.371 e. The van der Waals surface area contributed by atoms with Crippen molar-refractivity contribution < 1.29 is 14.3 Å². The molecule has 100 valence electrons. The smallest absolute Gasteiger partial charge is 0.371 e. The predicted octanol–water partition coefficient (Wildman–Crippen LogP) is 3.14. The lowest BCUT2D eigenvalue weighted by Gasteiger charge is -2.13. The van der Waals surface area contributed by atoms with Gasteiger partial charge < -0.3 is 14.8 Å². The van der Waals surface area contributed by atoms with Crippen LogP contribution in [0.15, 0.2) is 40.8 Å². The molecule has 2 aromatic rings. The van der Waals surface area contributed by atoms with E-state index in [-0.39, 0.29) is 11.8 Å². The van der Waals surface area contributed by atoms with Gasteiger partial charge >= 0.3 is 5.97 Å². The molecule has 0 aliphatic heterocycles. The molecule has 2 rings (SSSR count). The number of furan rings is 1. The van der Waals surface area contributed by atoms with Crippen molar-refractivity contribution >= 4 is 5.97 Å². The molecule has 0 spiro atoms. The molecule has 1 aromatic heterocycles. The van der Waals surface area contributed by atoms with Gasteiger partial charge in [0.25, 0.3) is 0 Å². The molecule has 0 aliphatic rings. The van der Waals surface area contributed by atoms with Gasteiger partial charge in [0.2, 0.25) is 5.76 Å². The van der Waals surface area contributed by atoms with Crippen LogP contribution in [0.4, 0.5) is 0 Å². The standard InChI is InChI=1S/C15H17NO3/c1-10-3-5-12(6-4-10)11(2)16-9-13-7-8-14(19-13)15(17)18/h3-8,11,16H,9H2,1-2H3,(H,17,18). The molecule has 4 nitrogen and oxygen atoms in total. The Bertz CT molecular complexity index is 557. The van der Waals surface area contributed by atoms with E-state index in [0.717, 1.165) is 0 Å². The monoisotopic (exact) mass is 259 g/mol. The molecule has 0 aliphatic carbocycles. The summed E-state index contributed by atoms with van der Waals surface area (Å²) in [6.45, 7) is 4.62. The number of rotatable bonds is 5. The first-order valence-electron chi connectivity index (χ1n) is 6.18. The quantitative estimate of drug-likeness (QED) is 0.866. The normalized spacial score (nSPS) is 12.3. The number of aromatic carboxylic acids is 1. The van der Waals surface area contributed by atoms with Gasteiger partial charge in [-0.05, 0) is 31.5 Å². The van der Waals surface area contributed by atoms with Crippen LogP contribution in [0.2, 0.25) is 0 Å². The van der Waals surface area contributed by atoms with Crippen LogP contribution in [0.1, 0.15) is 40.4 Å². The number of nitrogens with one attached hydrogen (secondary N) is 1. The summed E-state index contributed by atoms with van der Waals surface area (Å²) in [4.78, 5) is 10.7. The highest BCUT2D eigenvalue weighted by Gasteiger charge is 2.10. The van der Waals surface area contributed by atoms with Crippen molar-refractivity contribution in [3.8, 4) is 0 Å². The number of hydrogen-bond donors (Lipinski definition) is 2. The largest absolute Gasteiger partial charge is 0.475 e. The van der Waals surface area contributed by atoms with Crippen LogP contribution in [-0.2, 0) is 6.54 Å². The molecular formula is C15H17NO3. The molecule has 4 heteroatoms. The third-order valence-electron chi connectivity index (χ3n) is 3.03. The molecule has 0 saturated carbocycles. The lowest BCUT2D eigenvalue weighted by Crippen LogP contribution is -2.17. The van der Waals surface area contributed by atoms with Crippen LogP contribution in [0, 0.1) is 6.92 Å². The van der Waals surface area contributed by atoms with E-state index in [0.29, 0.717) is 12.3 Å². The summed E-state index contributed by atoms with van der Waals surface area (Å²) in [5.41, 5.74) is 2.42. The minimum absolute atomic E-state index is 0.0280. The van der Waals surface area contributed by atoms with Crippen molar-refractivity contribution in [2.75, 3.05) is 0 Å². The van der Waals surface area contributed by atoms with E-state index >= 15 is 0 Å². The van der Waals surface area contributed by atoms with Crippen LogP contribution in [-0.4, -0.2) is 11.1 Å². The van der Waals surface area contributed by atoms with Gasteiger partial charge in [-0.1, -0.05) is 29.8 Å². The molecule has 0 saturated heterocycles. The van der Waals surface area contributed by atoms with E-state index in [1.54, 1.807) is 6.07 Å². The lowest BCUT2D eigenvalue weighted by atomic mass is 10.1. The average Bonchev–Trinajstić information content (AvgIpc) is 2.86. The molecule has 0 bridgehead atoms. The highest BCUT2D eigenvalue weighted by molar-refractivity contribution is 5.84. The summed E-state index contributed by atoms with van der Waals surface area (Å²) in [6, 6.07) is 11.6. The van der Waals surface area contributed by atoms with Gasteiger partial charge in [0.05, 0.1) is 6.54 Å². The van der Waals surface area contributed by atoms with Gasteiger partial charge in [0.15, 0.2) is 0 Å². The first kappa shape index (κ1) is 13.4. The van der Waals surface area contributed by atoms with Crippen molar-refractivity contribution in [2.45, 2.75) is 26.4 Å². The van der Waals surface area contributed by atoms with Crippen LogP contribution in [0.5, 0.6) is 0 Å². The Balaban J connectivity index is 1.94. The number of hydrogen-bond acceptors (Lipinski definition) is 3. The Kier molecular flexibility index (Phi) is 4.02. The molecule has 1 unspecified atom stereocenters. The third-order valence-corrected chi connectivity index (χ3v) is 3.03. The van der Waals surface area contributed by atoms with Gasteiger partial charge in [-0.3, -0.25) is 0 Å². The van der Waals surface area contributed by atoms with E-state index in [9.17, 15) is 4.79 Å². The summed E-state index contributed by atoms with van der Waals surface area (Å²) < 4.78 is 5.19. The molecule has 0 fully saturated rings. The van der Waals surface area contributed by atoms with E-state index in [2.05, 4.69) is 43.4 Å². The second kappa shape index (κ2) is 5.71. The van der Waals surface area contributed by atoms with E-state index < -0.39 is 5.97 Å². The maximum absolute atomic E-state index is 10.7. The van der Waals surface area contributed by atoms with E-state index in [1.807, 2.05) is 0 Å². The first-order valence-corrected chi connectivity index (χ1v) is 6.18. The van der Waals surface area contributed by atoms with Crippen molar-refractivity contribution in [3.63, 3.8) is 0 Å². The molecule has 1 atom stereocenters. The summed E-state index contributed by atoms with van der Waals surface area (Å²) in [6.07, 6.45) is 0. The third kappa shape index (κ3) is 3.45. The fourth-order valence-corrected chi connectivity index (χ4v) is 1.81. The number of aryl methyl sites for hydroxylation is 1. The zero-order chi connectivity index (χ0) is 13.8. The molecule has 19 heavy (non-hydrogen) atoms. The zero-order valence-corrected chi connectivity index (χ0v) is 11.0. The average molecular weight is 259 g/mol. The van der Waals surface area contributed by atoms with Gasteiger partial charge in [0, 0.05) is 6.04 Å². The lowest BCUT2D eigenvalue weighted by molar-refractivity contribution is 0.0660. The predicted molar refractivity (Wildman–Crippen MR) is 72.1 cm³/mol. The minimum atomic E-state index is -1.04. The second-order valence-electron chi connectivity index (χ2n) is 4.58. The summed E-state index contributed by atoms with van der Waals surface area (Å²) in [7, 11) is 0. The highest BCUT2D eigenvalue weighted by atomic mass is 16.4. The Morgan fingerprint density at radius 2 is 1.95 bits per heavy atom. The Labute approximate surface area is 112 Å². The van der Waals surface area contributed by atoms with Crippen LogP contribution in [0.25, 0.3) is 0 Å². The van der Waals surface area contributed by atoms with E-state index in [1.165, 1.54) is 17.2 Å². The number of carboxylic acids is 1. The molecule has 0 amide bonds. The SMILES string of the molecule is Cc1ccc(C(C)NCc2ccc(C(=O)O)o2)cc1. The van der Waals surface area contributed by atoms with Crippen LogP contribution in [0.3, 0.4) is 0 Å². The topological polar surface area (TPSA) is 62.5 Å². The Morgan fingerprint density at radius 3 is 2.53 bits per heavy atom. The fourth-order valence-electron chi connectivity index (χ4n) is 1.81. The summed E-state index contributed by atoms with van der Waals surface area (Å²) >= 11 is 0. The van der Waals surface area contributed by atoms with Gasteiger partial charge in [-0.15, -0.1) is 0 Å². The molecule has 0 radical (unpaired) electrons. The minimum Gasteiger partial charge on any atom is -0.475 e. The summed E-state index contributed by atoms with van der Waals surface area (Å²) in [5, 5.41) is 12.1. The number of carboxylic acid groups (broad SMARTS) is 1. The maximum atomic E-state index is 10.7. The number of benzene rings is 1. The van der Waals surface area contributed by atoms with Gasteiger partial charge in [-0.2, -0.15) is 0 Å². The molecule has 1 heterocycles. The highest BCUT2D eigenvalue weighted by Crippen LogP contribution is 2.15. The Morgan fingerprint density at radius 1 is 1.26 bits per heavy atom. The van der Waals surface area contributed by atoms with Gasteiger partial charge in [0.1, 0.15) is 5.76 Å². The van der Waals surface area contributed by atoms with Crippen molar-refractivity contribution in [1.82, 2.24) is 5.32 Å². The fraction of sp³-hybridized carbons (Fsp3) is 0.267. The van der Waals surface area contributed by atoms with Gasteiger partial charge in [-0.25, -0.2) is 4.79 Å². The first-order chi connectivity index (χ1) is 9.06. The van der Waals surface area contributed by atoms with Crippen LogP contribution < -0.4 is 5.32 Å². The molecule has 1 aromatic carbocycles. The Hall–Kier alpha value is -2.07. The zero-order valence-electron chi connectivity index (χ0n) is 11.0. The summed E-state index contributed by atoms with van der Waals surface area (Å²) in [5.74, 6) is -0.450. The van der Waals surface area contributed by atoms with Crippen LogP contribution >= 0.6 is 0 Å². The van der Waals surface area contributed by atoms with Crippen molar-refractivity contribution in [2.24, 2.45) is 0 Å². The van der Waals surface area contributed by atoms with Crippen molar-refractivity contribution in [3.05, 3.63) is 59.0 Å². The van der Waals surface area contributed by atoms with E-state index in [4.69, 9.17) is 9.52 Å². The van der Waals surface area contributed by atoms with Crippen molar-refractivity contribution in [1.29, 1.82) is 0 Å².